The van der Waals surface area contributed by atoms with Crippen molar-refractivity contribution in [3.8, 4) is 0 Å². The molecule has 9 heteroatoms. The zero-order valence-corrected chi connectivity index (χ0v) is 17.8. The molecule has 0 aromatic heterocycles. The van der Waals surface area contributed by atoms with Crippen molar-refractivity contribution in [1.29, 1.82) is 0 Å². The lowest BCUT2D eigenvalue weighted by Crippen LogP contribution is -2.27. The highest BCUT2D eigenvalue weighted by molar-refractivity contribution is 6.15. The summed E-state index contributed by atoms with van der Waals surface area (Å²) in [5.74, 6) is -3.87. The van der Waals surface area contributed by atoms with Crippen molar-refractivity contribution < 1.29 is 42.9 Å². The van der Waals surface area contributed by atoms with Crippen LogP contribution in [0.2, 0.25) is 0 Å². The maximum Gasteiger partial charge on any atom is 0.339 e. The number of methoxy groups -OCH3 is 4. The fraction of sp³-hybridized carbons (Fsp3) is 0.500. The number of esters is 4. The fourth-order valence-corrected chi connectivity index (χ4v) is 2.83. The Hall–Kier alpha value is -2.94. The minimum absolute atomic E-state index is 0.153. The van der Waals surface area contributed by atoms with Gasteiger partial charge in [0.2, 0.25) is 0 Å². The lowest BCUT2D eigenvalue weighted by atomic mass is 9.88. The highest BCUT2D eigenvalue weighted by Gasteiger charge is 2.36. The molecule has 1 unspecified atom stereocenters. The SMILES string of the molecule is COC(=O)c1cc(C(C)OC(C)(C)C)c(C(=O)OC)c(C(=O)OC)c1C(=O)OC. The molecule has 0 saturated carbocycles. The second-order valence-corrected chi connectivity index (χ2v) is 6.98. The molecular formula is C20H26O9. The lowest BCUT2D eigenvalue weighted by Gasteiger charge is -2.27. The van der Waals surface area contributed by atoms with Gasteiger partial charge in [0.15, 0.2) is 0 Å². The Morgan fingerprint density at radius 1 is 0.724 bits per heavy atom. The minimum atomic E-state index is -1.03. The third-order valence-corrected chi connectivity index (χ3v) is 3.90. The Morgan fingerprint density at radius 2 is 1.14 bits per heavy atom. The molecule has 0 amide bonds. The highest BCUT2D eigenvalue weighted by atomic mass is 16.5. The third kappa shape index (κ3) is 5.32. The van der Waals surface area contributed by atoms with Crippen molar-refractivity contribution in [2.24, 2.45) is 0 Å². The van der Waals surface area contributed by atoms with E-state index in [1.807, 2.05) is 0 Å². The standard InChI is InChI=1S/C20H26O9/c1-10(29-20(2,3)4)11-9-12(16(21)25-5)14(18(23)27-7)15(19(24)28-8)13(11)17(22)26-6/h9-10H,1-8H3. The monoisotopic (exact) mass is 410 g/mol. The van der Waals surface area contributed by atoms with E-state index in [9.17, 15) is 19.2 Å². The molecule has 1 rings (SSSR count). The van der Waals surface area contributed by atoms with Gasteiger partial charge in [0.1, 0.15) is 0 Å². The van der Waals surface area contributed by atoms with Gasteiger partial charge in [0, 0.05) is 0 Å². The number of hydrogen-bond acceptors (Lipinski definition) is 9. The van der Waals surface area contributed by atoms with Crippen LogP contribution in [0, 0.1) is 0 Å². The van der Waals surface area contributed by atoms with Crippen molar-refractivity contribution in [2.45, 2.75) is 39.4 Å². The van der Waals surface area contributed by atoms with Crippen LogP contribution in [0.4, 0.5) is 0 Å². The number of benzene rings is 1. The van der Waals surface area contributed by atoms with E-state index in [0.29, 0.717) is 0 Å². The summed E-state index contributed by atoms with van der Waals surface area (Å²) in [6.07, 6.45) is -0.761. The highest BCUT2D eigenvalue weighted by Crippen LogP contribution is 2.33. The molecule has 0 radical (unpaired) electrons. The van der Waals surface area contributed by atoms with Crippen LogP contribution in [0.5, 0.6) is 0 Å². The maximum atomic E-state index is 12.6. The van der Waals surface area contributed by atoms with Crippen LogP contribution in [0.25, 0.3) is 0 Å². The summed E-state index contributed by atoms with van der Waals surface area (Å²) in [5, 5.41) is 0. The Morgan fingerprint density at radius 3 is 1.55 bits per heavy atom. The second-order valence-electron chi connectivity index (χ2n) is 6.98. The van der Waals surface area contributed by atoms with Crippen molar-refractivity contribution in [3.63, 3.8) is 0 Å². The fourth-order valence-electron chi connectivity index (χ4n) is 2.83. The Bertz CT molecular complexity index is 818. The molecule has 9 nitrogen and oxygen atoms in total. The van der Waals surface area contributed by atoms with E-state index in [0.717, 1.165) is 28.4 Å². The molecule has 0 bridgehead atoms. The van der Waals surface area contributed by atoms with Crippen molar-refractivity contribution in [3.05, 3.63) is 33.9 Å². The zero-order valence-electron chi connectivity index (χ0n) is 17.8. The predicted molar refractivity (Wildman–Crippen MR) is 101 cm³/mol. The Labute approximate surface area is 169 Å². The van der Waals surface area contributed by atoms with Gasteiger partial charge in [-0.15, -0.1) is 0 Å². The van der Waals surface area contributed by atoms with Crippen LogP contribution in [0.3, 0.4) is 0 Å². The van der Waals surface area contributed by atoms with Crippen LogP contribution in [-0.2, 0) is 23.7 Å². The molecule has 1 aromatic rings. The summed E-state index contributed by atoms with van der Waals surface area (Å²) >= 11 is 0. The number of ether oxygens (including phenoxy) is 5. The quantitative estimate of drug-likeness (QED) is 0.516. The van der Waals surface area contributed by atoms with E-state index in [1.165, 1.54) is 6.07 Å². The summed E-state index contributed by atoms with van der Waals surface area (Å²) in [5.41, 5.74) is -1.92. The number of rotatable bonds is 6. The summed E-state index contributed by atoms with van der Waals surface area (Å²) in [4.78, 5) is 50.0. The normalized spacial score (nSPS) is 12.0. The molecule has 0 fully saturated rings. The van der Waals surface area contributed by atoms with E-state index in [1.54, 1.807) is 27.7 Å². The molecule has 0 aliphatic rings. The van der Waals surface area contributed by atoms with Gasteiger partial charge in [0.05, 0.1) is 62.4 Å². The molecule has 0 saturated heterocycles. The Kier molecular flexibility index (Phi) is 7.90. The summed E-state index contributed by atoms with van der Waals surface area (Å²) in [7, 11) is 4.38. The van der Waals surface area contributed by atoms with Gasteiger partial charge < -0.3 is 23.7 Å². The van der Waals surface area contributed by atoms with Gasteiger partial charge in [0.25, 0.3) is 0 Å². The minimum Gasteiger partial charge on any atom is -0.465 e. The predicted octanol–water partition coefficient (Wildman–Crippen LogP) is 2.71. The van der Waals surface area contributed by atoms with Crippen LogP contribution in [0.15, 0.2) is 6.07 Å². The van der Waals surface area contributed by atoms with Crippen LogP contribution < -0.4 is 0 Å². The molecule has 160 valence electrons. The van der Waals surface area contributed by atoms with Gasteiger partial charge >= 0.3 is 23.9 Å². The van der Waals surface area contributed by atoms with Gasteiger partial charge in [-0.2, -0.15) is 0 Å². The molecular weight excluding hydrogens is 384 g/mol. The first kappa shape index (κ1) is 24.1. The molecule has 29 heavy (non-hydrogen) atoms. The van der Waals surface area contributed by atoms with Gasteiger partial charge in [-0.05, 0) is 39.3 Å². The number of carbonyl (C=O) groups excluding carboxylic acids is 4. The topological polar surface area (TPSA) is 114 Å². The first-order valence-electron chi connectivity index (χ1n) is 8.65. The molecule has 0 spiro atoms. The van der Waals surface area contributed by atoms with Crippen LogP contribution in [0.1, 0.15) is 80.8 Å². The van der Waals surface area contributed by atoms with E-state index in [-0.39, 0.29) is 16.7 Å². The summed E-state index contributed by atoms with van der Waals surface area (Å²) in [6, 6.07) is 1.26. The Balaban J connectivity index is 4.12. The molecule has 0 N–H and O–H groups in total. The summed E-state index contributed by atoms with van der Waals surface area (Å²) in [6.45, 7) is 7.03. The smallest absolute Gasteiger partial charge is 0.339 e. The second kappa shape index (κ2) is 9.51. The number of carbonyl (C=O) groups is 4. The first-order valence-corrected chi connectivity index (χ1v) is 8.65. The molecule has 0 aliphatic heterocycles. The zero-order chi connectivity index (χ0) is 22.5. The van der Waals surface area contributed by atoms with Crippen molar-refractivity contribution in [2.75, 3.05) is 28.4 Å². The van der Waals surface area contributed by atoms with E-state index in [4.69, 9.17) is 23.7 Å². The van der Waals surface area contributed by atoms with Gasteiger partial charge in [-0.3, -0.25) is 0 Å². The maximum absolute atomic E-state index is 12.6. The average molecular weight is 410 g/mol. The molecule has 1 aromatic carbocycles. The van der Waals surface area contributed by atoms with Gasteiger partial charge in [-0.25, -0.2) is 19.2 Å². The van der Waals surface area contributed by atoms with Crippen LogP contribution >= 0.6 is 0 Å². The van der Waals surface area contributed by atoms with Crippen molar-refractivity contribution >= 4 is 23.9 Å². The van der Waals surface area contributed by atoms with Crippen molar-refractivity contribution in [1.82, 2.24) is 0 Å². The van der Waals surface area contributed by atoms with E-state index < -0.39 is 46.7 Å². The molecule has 0 aliphatic carbocycles. The van der Waals surface area contributed by atoms with Crippen LogP contribution in [-0.4, -0.2) is 57.9 Å². The molecule has 0 heterocycles. The largest absolute Gasteiger partial charge is 0.465 e. The first-order chi connectivity index (χ1) is 13.4. The number of hydrogen-bond donors (Lipinski definition) is 0. The average Bonchev–Trinajstić information content (AvgIpc) is 2.68. The third-order valence-electron chi connectivity index (χ3n) is 3.90. The van der Waals surface area contributed by atoms with E-state index >= 15 is 0 Å². The van der Waals surface area contributed by atoms with E-state index in [2.05, 4.69) is 0 Å². The lowest BCUT2D eigenvalue weighted by molar-refractivity contribution is -0.0534. The summed E-state index contributed by atoms with van der Waals surface area (Å²) < 4.78 is 24.9. The van der Waals surface area contributed by atoms with Gasteiger partial charge in [-0.1, -0.05) is 0 Å². The molecule has 1 atom stereocenters.